The lowest BCUT2D eigenvalue weighted by Crippen LogP contribution is -2.26. The summed E-state index contributed by atoms with van der Waals surface area (Å²) in [5.41, 5.74) is 0.450. The van der Waals surface area contributed by atoms with Crippen molar-refractivity contribution in [3.63, 3.8) is 0 Å². The Hall–Kier alpha value is -1.09. The van der Waals surface area contributed by atoms with Crippen molar-refractivity contribution in [2.75, 3.05) is 11.9 Å². The Labute approximate surface area is 89.0 Å². The van der Waals surface area contributed by atoms with E-state index in [1.54, 1.807) is 31.3 Å². The second-order valence-electron chi connectivity index (χ2n) is 3.04. The zero-order valence-electron chi connectivity index (χ0n) is 8.58. The molecule has 1 aromatic rings. The highest BCUT2D eigenvalue weighted by molar-refractivity contribution is 7.53. The summed E-state index contributed by atoms with van der Waals surface area (Å²) in [4.78, 5) is 23.2. The van der Waals surface area contributed by atoms with Gasteiger partial charge in [-0.3, -0.25) is 0 Å². The molecule has 0 spiro atoms. The first-order valence-electron chi connectivity index (χ1n) is 4.44. The van der Waals surface area contributed by atoms with Crippen LogP contribution in [0.4, 0.5) is 5.69 Å². The Morgan fingerprint density at radius 3 is 2.27 bits per heavy atom. The van der Waals surface area contributed by atoms with Gasteiger partial charge in [-0.25, -0.2) is 0 Å². The molecule has 0 N–H and O–H groups in total. The van der Waals surface area contributed by atoms with Gasteiger partial charge in [0, 0.05) is 18.2 Å². The zero-order chi connectivity index (χ0) is 11.5. The number of benzene rings is 1. The molecule has 0 aliphatic carbocycles. The molecule has 82 valence electrons. The summed E-state index contributed by atoms with van der Waals surface area (Å²) in [5, 5.41) is 0. The van der Waals surface area contributed by atoms with Crippen LogP contribution in [0.25, 0.3) is 0 Å². The van der Waals surface area contributed by atoms with Crippen LogP contribution < -0.4 is 14.7 Å². The second kappa shape index (κ2) is 4.62. The highest BCUT2D eigenvalue weighted by atomic mass is 31.2. The summed E-state index contributed by atoms with van der Waals surface area (Å²) in [5.74, 6) is 0. The summed E-state index contributed by atoms with van der Waals surface area (Å²) >= 11 is 0. The van der Waals surface area contributed by atoms with Crippen LogP contribution in [0, 0.1) is 0 Å². The van der Waals surface area contributed by atoms with E-state index in [9.17, 15) is 14.4 Å². The molecule has 0 saturated carbocycles. The molecular formula is C10H12NO3P-2. The van der Waals surface area contributed by atoms with Crippen molar-refractivity contribution in [2.24, 2.45) is 0 Å². The number of nitrogens with zero attached hydrogens (tertiary/aromatic N) is 1. The van der Waals surface area contributed by atoms with E-state index in [0.717, 1.165) is 0 Å². The van der Waals surface area contributed by atoms with E-state index in [4.69, 9.17) is 0 Å². The van der Waals surface area contributed by atoms with Crippen molar-refractivity contribution >= 4 is 13.3 Å². The van der Waals surface area contributed by atoms with Gasteiger partial charge in [-0.1, -0.05) is 24.3 Å². The molecule has 0 atom stereocenters. The maximum atomic E-state index is 10.9. The lowest BCUT2D eigenvalue weighted by Gasteiger charge is -2.38. The highest BCUT2D eigenvalue weighted by Gasteiger charge is 2.08. The Kier molecular flexibility index (Phi) is 3.69. The van der Waals surface area contributed by atoms with Crippen LogP contribution in [0.15, 0.2) is 41.8 Å². The number of hydrogen-bond acceptors (Lipinski definition) is 4. The first-order chi connectivity index (χ1) is 6.96. The predicted molar refractivity (Wildman–Crippen MR) is 56.2 cm³/mol. The van der Waals surface area contributed by atoms with Gasteiger partial charge in [0.1, 0.15) is 0 Å². The van der Waals surface area contributed by atoms with Gasteiger partial charge in [-0.15, -0.1) is 0 Å². The molecule has 0 bridgehead atoms. The van der Waals surface area contributed by atoms with E-state index >= 15 is 0 Å². The van der Waals surface area contributed by atoms with Crippen molar-refractivity contribution < 1.29 is 14.4 Å². The fourth-order valence-corrected chi connectivity index (χ4v) is 2.12. The van der Waals surface area contributed by atoms with Crippen LogP contribution in [0.5, 0.6) is 0 Å². The SMILES string of the molecule is C/C=C(/N(C)c1ccccc1)P(=O)([O-])[O-]. The van der Waals surface area contributed by atoms with Crippen LogP contribution in [0.1, 0.15) is 6.92 Å². The Bertz CT molecular complexity index is 396. The molecule has 0 radical (unpaired) electrons. The van der Waals surface area contributed by atoms with Crippen molar-refractivity contribution in [3.8, 4) is 0 Å². The summed E-state index contributed by atoms with van der Waals surface area (Å²) < 4.78 is 10.9. The average Bonchev–Trinajstić information content (AvgIpc) is 2.18. The van der Waals surface area contributed by atoms with Crippen molar-refractivity contribution in [3.05, 3.63) is 41.8 Å². The molecule has 0 aromatic heterocycles. The number of allylic oxidation sites excluding steroid dienone is 1. The van der Waals surface area contributed by atoms with E-state index in [-0.39, 0.29) is 5.44 Å². The minimum Gasteiger partial charge on any atom is -0.806 e. The molecule has 0 heterocycles. The highest BCUT2D eigenvalue weighted by Crippen LogP contribution is 2.39. The fourth-order valence-electron chi connectivity index (χ4n) is 1.32. The zero-order valence-corrected chi connectivity index (χ0v) is 9.48. The smallest absolute Gasteiger partial charge is 0.0454 e. The van der Waals surface area contributed by atoms with Crippen molar-refractivity contribution in [2.45, 2.75) is 6.92 Å². The van der Waals surface area contributed by atoms with Gasteiger partial charge >= 0.3 is 0 Å². The van der Waals surface area contributed by atoms with Crippen LogP contribution in [0.2, 0.25) is 0 Å². The lowest BCUT2D eigenvalue weighted by molar-refractivity contribution is -0.310. The average molecular weight is 225 g/mol. The molecule has 0 aliphatic heterocycles. The van der Waals surface area contributed by atoms with Crippen molar-refractivity contribution in [1.82, 2.24) is 0 Å². The molecule has 0 fully saturated rings. The molecule has 15 heavy (non-hydrogen) atoms. The maximum Gasteiger partial charge on any atom is 0.0454 e. The van der Waals surface area contributed by atoms with Gasteiger partial charge in [0.25, 0.3) is 0 Å². The molecule has 0 unspecified atom stereocenters. The molecule has 1 rings (SSSR count). The van der Waals surface area contributed by atoms with Crippen LogP contribution in [-0.2, 0) is 4.57 Å². The summed E-state index contributed by atoms with van der Waals surface area (Å²) in [6.45, 7) is 1.53. The minimum absolute atomic E-state index is 0.214. The summed E-state index contributed by atoms with van der Waals surface area (Å²) in [6.07, 6.45) is 1.30. The third kappa shape index (κ3) is 2.93. The Morgan fingerprint density at radius 1 is 1.33 bits per heavy atom. The lowest BCUT2D eigenvalue weighted by atomic mass is 10.3. The molecule has 0 amide bonds. The number of para-hydroxylation sites is 1. The summed E-state index contributed by atoms with van der Waals surface area (Å²) in [7, 11) is -3.16. The van der Waals surface area contributed by atoms with Crippen LogP contribution in [0.3, 0.4) is 0 Å². The molecular weight excluding hydrogens is 213 g/mol. The predicted octanol–water partition coefficient (Wildman–Crippen LogP) is 0.898. The van der Waals surface area contributed by atoms with E-state index in [1.165, 1.54) is 17.9 Å². The van der Waals surface area contributed by atoms with Gasteiger partial charge in [-0.05, 0) is 26.7 Å². The standard InChI is InChI=1S/C10H14NO3P/c1-3-10(15(12,13)14)11(2)9-7-5-4-6-8-9/h3-8H,1-2H3,(H2,12,13,14)/p-2/b10-3-. The Morgan fingerprint density at radius 2 is 1.87 bits per heavy atom. The topological polar surface area (TPSA) is 66.4 Å². The van der Waals surface area contributed by atoms with Gasteiger partial charge < -0.3 is 19.3 Å². The Balaban J connectivity index is 3.05. The summed E-state index contributed by atoms with van der Waals surface area (Å²) in [6, 6.07) is 8.85. The normalized spacial score (nSPS) is 12.7. The van der Waals surface area contributed by atoms with E-state index < -0.39 is 7.60 Å². The second-order valence-corrected chi connectivity index (χ2v) is 4.49. The maximum absolute atomic E-state index is 10.9. The van der Waals surface area contributed by atoms with Gasteiger partial charge in [0.05, 0.1) is 0 Å². The van der Waals surface area contributed by atoms with Crippen molar-refractivity contribution in [1.29, 1.82) is 0 Å². The van der Waals surface area contributed by atoms with E-state index in [1.807, 2.05) is 6.07 Å². The third-order valence-corrected chi connectivity index (χ3v) is 3.15. The first-order valence-corrected chi connectivity index (χ1v) is 5.99. The molecule has 5 heteroatoms. The molecule has 1 aromatic carbocycles. The third-order valence-electron chi connectivity index (χ3n) is 2.03. The van der Waals surface area contributed by atoms with Crippen LogP contribution >= 0.6 is 7.60 Å². The molecule has 0 saturated heterocycles. The number of anilines is 1. The van der Waals surface area contributed by atoms with Gasteiger partial charge in [-0.2, -0.15) is 0 Å². The molecule has 0 aliphatic rings. The van der Waals surface area contributed by atoms with Crippen LogP contribution in [-0.4, -0.2) is 7.05 Å². The number of hydrogen-bond donors (Lipinski definition) is 0. The van der Waals surface area contributed by atoms with E-state index in [0.29, 0.717) is 5.69 Å². The number of rotatable bonds is 3. The van der Waals surface area contributed by atoms with E-state index in [2.05, 4.69) is 0 Å². The van der Waals surface area contributed by atoms with Gasteiger partial charge in [0.2, 0.25) is 0 Å². The van der Waals surface area contributed by atoms with Gasteiger partial charge in [0.15, 0.2) is 0 Å². The quantitative estimate of drug-likeness (QED) is 0.717. The fraction of sp³-hybridized carbons (Fsp3) is 0.200. The first kappa shape index (κ1) is 12.0. The molecule has 4 nitrogen and oxygen atoms in total. The minimum atomic E-state index is -4.71. The monoisotopic (exact) mass is 225 g/mol. The largest absolute Gasteiger partial charge is 0.806 e.